The lowest BCUT2D eigenvalue weighted by atomic mass is 10.0. The zero-order chi connectivity index (χ0) is 19.1. The second-order valence-corrected chi connectivity index (χ2v) is 8.24. The molecule has 0 bridgehead atoms. The molecule has 1 fully saturated rings. The topological polar surface area (TPSA) is 82.9 Å². The van der Waals surface area contributed by atoms with Crippen molar-refractivity contribution in [3.63, 3.8) is 0 Å². The van der Waals surface area contributed by atoms with Crippen molar-refractivity contribution in [2.75, 3.05) is 24.1 Å². The van der Waals surface area contributed by atoms with Gasteiger partial charge in [-0.1, -0.05) is 25.0 Å². The van der Waals surface area contributed by atoms with Gasteiger partial charge in [0.1, 0.15) is 17.2 Å². The van der Waals surface area contributed by atoms with Crippen LogP contribution in [0.2, 0.25) is 0 Å². The van der Waals surface area contributed by atoms with Gasteiger partial charge >= 0.3 is 0 Å². The number of aryl methyl sites for hydroxylation is 1. The zero-order valence-electron chi connectivity index (χ0n) is 16.5. The first-order chi connectivity index (χ1) is 13.7. The van der Waals surface area contributed by atoms with E-state index in [0.717, 1.165) is 35.5 Å². The molecule has 5 rings (SSSR count). The fourth-order valence-electron chi connectivity index (χ4n) is 4.67. The minimum absolute atomic E-state index is 0.180. The summed E-state index contributed by atoms with van der Waals surface area (Å²) in [6.07, 6.45) is 6.37. The SMILES string of the molecule is Cc1nc2c(C3Cc4cc(CN5CCCCCC5)ccc4N3)cc(N)nc2[nH]1. The van der Waals surface area contributed by atoms with Crippen LogP contribution in [0.3, 0.4) is 0 Å². The Hall–Kier alpha value is -2.60. The van der Waals surface area contributed by atoms with Crippen LogP contribution >= 0.6 is 0 Å². The van der Waals surface area contributed by atoms with Crippen molar-refractivity contribution in [3.05, 3.63) is 46.8 Å². The number of nitrogens with one attached hydrogen (secondary N) is 2. The molecule has 28 heavy (non-hydrogen) atoms. The van der Waals surface area contributed by atoms with Gasteiger partial charge in [0.25, 0.3) is 0 Å². The van der Waals surface area contributed by atoms with Crippen molar-refractivity contribution >= 4 is 22.7 Å². The number of anilines is 2. The number of aromatic amines is 1. The van der Waals surface area contributed by atoms with Crippen LogP contribution in [0.25, 0.3) is 11.2 Å². The number of pyridine rings is 1. The van der Waals surface area contributed by atoms with Gasteiger partial charge in [-0.15, -0.1) is 0 Å². The molecule has 3 aromatic rings. The van der Waals surface area contributed by atoms with Gasteiger partial charge in [0.15, 0.2) is 5.65 Å². The summed E-state index contributed by atoms with van der Waals surface area (Å²) in [6, 6.07) is 9.03. The summed E-state index contributed by atoms with van der Waals surface area (Å²) in [5.74, 6) is 1.40. The number of hydrogen-bond acceptors (Lipinski definition) is 5. The Balaban J connectivity index is 1.38. The maximum atomic E-state index is 6.06. The van der Waals surface area contributed by atoms with Gasteiger partial charge in [-0.3, -0.25) is 4.90 Å². The van der Waals surface area contributed by atoms with E-state index in [-0.39, 0.29) is 6.04 Å². The smallest absolute Gasteiger partial charge is 0.160 e. The summed E-state index contributed by atoms with van der Waals surface area (Å²) < 4.78 is 0. The third-order valence-corrected chi connectivity index (χ3v) is 6.02. The van der Waals surface area contributed by atoms with Crippen LogP contribution in [0.1, 0.15) is 54.2 Å². The third kappa shape index (κ3) is 3.33. The molecule has 1 aromatic carbocycles. The number of nitrogen functional groups attached to an aromatic ring is 1. The van der Waals surface area contributed by atoms with E-state index in [4.69, 9.17) is 5.73 Å². The lowest BCUT2D eigenvalue weighted by Gasteiger charge is -2.20. The summed E-state index contributed by atoms with van der Waals surface area (Å²) in [7, 11) is 0. The molecule has 6 nitrogen and oxygen atoms in total. The quantitative estimate of drug-likeness (QED) is 0.645. The van der Waals surface area contributed by atoms with E-state index in [0.29, 0.717) is 5.82 Å². The van der Waals surface area contributed by atoms with Crippen LogP contribution in [0, 0.1) is 6.92 Å². The Labute approximate surface area is 165 Å². The first-order valence-corrected chi connectivity index (χ1v) is 10.4. The zero-order valence-corrected chi connectivity index (χ0v) is 16.5. The van der Waals surface area contributed by atoms with E-state index >= 15 is 0 Å². The van der Waals surface area contributed by atoms with Gasteiger partial charge in [0.05, 0.1) is 6.04 Å². The number of benzene rings is 1. The predicted octanol–water partition coefficient (Wildman–Crippen LogP) is 3.93. The minimum Gasteiger partial charge on any atom is -0.384 e. The fourth-order valence-corrected chi connectivity index (χ4v) is 4.67. The predicted molar refractivity (Wildman–Crippen MR) is 113 cm³/mol. The van der Waals surface area contributed by atoms with Crippen molar-refractivity contribution in [1.82, 2.24) is 19.9 Å². The Bertz CT molecular complexity index is 1000. The summed E-state index contributed by atoms with van der Waals surface area (Å²) in [4.78, 5) is 14.8. The van der Waals surface area contributed by atoms with E-state index in [2.05, 4.69) is 43.4 Å². The Morgan fingerprint density at radius 1 is 1.11 bits per heavy atom. The number of nitrogens with zero attached hydrogens (tertiary/aromatic N) is 3. The molecule has 2 aromatic heterocycles. The van der Waals surface area contributed by atoms with E-state index in [1.54, 1.807) is 0 Å². The molecule has 4 N–H and O–H groups in total. The number of H-pyrrole nitrogens is 1. The van der Waals surface area contributed by atoms with Crippen molar-refractivity contribution in [3.8, 4) is 0 Å². The number of fused-ring (bicyclic) bond motifs is 2. The number of likely N-dealkylation sites (tertiary alicyclic amines) is 1. The first kappa shape index (κ1) is 17.5. The second kappa shape index (κ2) is 7.09. The second-order valence-electron chi connectivity index (χ2n) is 8.24. The number of aromatic nitrogens is 3. The molecular formula is C22H28N6. The summed E-state index contributed by atoms with van der Waals surface area (Å²) in [5.41, 5.74) is 12.9. The van der Waals surface area contributed by atoms with Gasteiger partial charge in [-0.25, -0.2) is 9.97 Å². The highest BCUT2D eigenvalue weighted by Gasteiger charge is 2.26. The van der Waals surface area contributed by atoms with Crippen LogP contribution in [0.5, 0.6) is 0 Å². The molecule has 0 aliphatic carbocycles. The number of imidazole rings is 1. The van der Waals surface area contributed by atoms with Gasteiger partial charge in [-0.2, -0.15) is 0 Å². The van der Waals surface area contributed by atoms with Gasteiger partial charge in [-0.05, 0) is 62.5 Å². The highest BCUT2D eigenvalue weighted by Crippen LogP contribution is 2.37. The van der Waals surface area contributed by atoms with Crippen molar-refractivity contribution < 1.29 is 0 Å². The maximum absolute atomic E-state index is 6.06. The molecule has 1 atom stereocenters. The average Bonchev–Trinajstić information content (AvgIpc) is 3.15. The molecule has 2 aliphatic heterocycles. The first-order valence-electron chi connectivity index (χ1n) is 10.4. The summed E-state index contributed by atoms with van der Waals surface area (Å²) in [6.45, 7) is 5.46. The molecule has 2 aliphatic rings. The number of hydrogen-bond donors (Lipinski definition) is 3. The van der Waals surface area contributed by atoms with Crippen molar-refractivity contribution in [2.45, 2.75) is 51.6 Å². The summed E-state index contributed by atoms with van der Waals surface area (Å²) >= 11 is 0. The lowest BCUT2D eigenvalue weighted by molar-refractivity contribution is 0.277. The lowest BCUT2D eigenvalue weighted by Crippen LogP contribution is -2.23. The largest absolute Gasteiger partial charge is 0.384 e. The van der Waals surface area contributed by atoms with Crippen LogP contribution in [0.15, 0.2) is 24.3 Å². The molecule has 146 valence electrons. The Morgan fingerprint density at radius 2 is 1.93 bits per heavy atom. The standard InChI is InChI=1S/C22H28N6/c1-14-24-21-17(12-20(23)27-22(21)25-14)19-11-16-10-15(6-7-18(16)26-19)13-28-8-4-2-3-5-9-28/h6-7,10,12,19,26H,2-5,8-9,11,13H2,1H3,(H3,23,24,25,27). The van der Waals surface area contributed by atoms with Crippen molar-refractivity contribution in [2.24, 2.45) is 0 Å². The van der Waals surface area contributed by atoms with E-state index in [1.807, 2.05) is 13.0 Å². The highest BCUT2D eigenvalue weighted by molar-refractivity contribution is 5.79. The van der Waals surface area contributed by atoms with Crippen LogP contribution in [-0.4, -0.2) is 32.9 Å². The molecule has 4 heterocycles. The normalized spacial score (nSPS) is 20.1. The van der Waals surface area contributed by atoms with Gasteiger partial charge in [0.2, 0.25) is 0 Å². The molecule has 1 saturated heterocycles. The number of nitrogens with two attached hydrogens (primary N) is 1. The van der Waals surface area contributed by atoms with Crippen LogP contribution in [0.4, 0.5) is 11.5 Å². The summed E-state index contributed by atoms with van der Waals surface area (Å²) in [5, 5.41) is 3.67. The molecular weight excluding hydrogens is 348 g/mol. The molecule has 0 saturated carbocycles. The van der Waals surface area contributed by atoms with Crippen LogP contribution in [-0.2, 0) is 13.0 Å². The Morgan fingerprint density at radius 3 is 2.75 bits per heavy atom. The molecule has 0 spiro atoms. The van der Waals surface area contributed by atoms with Gasteiger partial charge < -0.3 is 16.0 Å². The maximum Gasteiger partial charge on any atom is 0.160 e. The highest BCUT2D eigenvalue weighted by atomic mass is 15.1. The Kier molecular flexibility index (Phi) is 4.43. The molecule has 0 radical (unpaired) electrons. The van der Waals surface area contributed by atoms with Crippen molar-refractivity contribution in [1.29, 1.82) is 0 Å². The average molecular weight is 377 g/mol. The molecule has 0 amide bonds. The fraction of sp³-hybridized carbons (Fsp3) is 0.455. The molecule has 1 unspecified atom stereocenters. The van der Waals surface area contributed by atoms with E-state index in [9.17, 15) is 0 Å². The van der Waals surface area contributed by atoms with E-state index in [1.165, 1.54) is 55.6 Å². The minimum atomic E-state index is 0.180. The number of rotatable bonds is 3. The molecule has 6 heteroatoms. The van der Waals surface area contributed by atoms with Gasteiger partial charge in [0, 0.05) is 17.8 Å². The van der Waals surface area contributed by atoms with Crippen LogP contribution < -0.4 is 11.1 Å². The van der Waals surface area contributed by atoms with E-state index < -0.39 is 0 Å². The monoisotopic (exact) mass is 376 g/mol. The third-order valence-electron chi connectivity index (χ3n) is 6.02.